The van der Waals surface area contributed by atoms with Crippen molar-refractivity contribution in [2.45, 2.75) is 49.4 Å². The molecule has 1 unspecified atom stereocenters. The van der Waals surface area contributed by atoms with E-state index in [-0.39, 0.29) is 6.04 Å². The molecule has 0 aliphatic carbocycles. The Bertz CT molecular complexity index is 483. The lowest BCUT2D eigenvalue weighted by atomic mass is 10.0. The van der Waals surface area contributed by atoms with E-state index < -0.39 is 10.0 Å². The molecule has 1 saturated heterocycles. The van der Waals surface area contributed by atoms with Gasteiger partial charge in [0.05, 0.1) is 0 Å². The highest BCUT2D eigenvalue weighted by Crippen LogP contribution is 2.27. The quantitative estimate of drug-likeness (QED) is 0.908. The van der Waals surface area contributed by atoms with Gasteiger partial charge in [0.1, 0.15) is 4.21 Å². The predicted molar refractivity (Wildman–Crippen MR) is 79.0 cm³/mol. The van der Waals surface area contributed by atoms with E-state index in [9.17, 15) is 8.42 Å². The maximum absolute atomic E-state index is 12.6. The van der Waals surface area contributed by atoms with E-state index in [1.165, 1.54) is 11.3 Å². The van der Waals surface area contributed by atoms with Gasteiger partial charge in [-0.2, -0.15) is 4.31 Å². The third-order valence-corrected chi connectivity index (χ3v) is 6.72. The minimum Gasteiger partial charge on any atom is -0.313 e. The van der Waals surface area contributed by atoms with Gasteiger partial charge < -0.3 is 5.32 Å². The summed E-state index contributed by atoms with van der Waals surface area (Å²) < 4.78 is 27.4. The van der Waals surface area contributed by atoms with Crippen molar-refractivity contribution in [2.24, 2.45) is 0 Å². The first-order valence-corrected chi connectivity index (χ1v) is 9.12. The van der Waals surface area contributed by atoms with Gasteiger partial charge in [-0.15, -0.1) is 11.3 Å². The SMILES string of the molecule is CC(C)NCC1CCCCN1S(=O)(=O)c1cccs1. The van der Waals surface area contributed by atoms with Crippen LogP contribution in [0.1, 0.15) is 33.1 Å². The van der Waals surface area contributed by atoms with Crippen molar-refractivity contribution in [1.29, 1.82) is 0 Å². The van der Waals surface area contributed by atoms with Crippen molar-refractivity contribution in [3.63, 3.8) is 0 Å². The van der Waals surface area contributed by atoms with Crippen LogP contribution in [0.3, 0.4) is 0 Å². The maximum Gasteiger partial charge on any atom is 0.252 e. The fraction of sp³-hybridized carbons (Fsp3) is 0.692. The Morgan fingerprint density at radius 3 is 2.89 bits per heavy atom. The Morgan fingerprint density at radius 2 is 2.26 bits per heavy atom. The van der Waals surface area contributed by atoms with Gasteiger partial charge in [0.25, 0.3) is 10.0 Å². The fourth-order valence-corrected chi connectivity index (χ4v) is 5.20. The summed E-state index contributed by atoms with van der Waals surface area (Å²) in [4.78, 5) is 0. The summed E-state index contributed by atoms with van der Waals surface area (Å²) in [5.74, 6) is 0. The van der Waals surface area contributed by atoms with E-state index in [0.717, 1.165) is 25.8 Å². The predicted octanol–water partition coefficient (Wildman–Crippen LogP) is 2.29. The second-order valence-electron chi connectivity index (χ2n) is 5.26. The number of hydrogen-bond donors (Lipinski definition) is 1. The van der Waals surface area contributed by atoms with Crippen LogP contribution in [0.5, 0.6) is 0 Å². The number of hydrogen-bond acceptors (Lipinski definition) is 4. The van der Waals surface area contributed by atoms with Crippen molar-refractivity contribution >= 4 is 21.4 Å². The molecule has 0 amide bonds. The zero-order valence-electron chi connectivity index (χ0n) is 11.5. The van der Waals surface area contributed by atoms with Crippen molar-refractivity contribution < 1.29 is 8.42 Å². The summed E-state index contributed by atoms with van der Waals surface area (Å²) in [6.45, 7) is 5.55. The smallest absolute Gasteiger partial charge is 0.252 e. The van der Waals surface area contributed by atoms with Gasteiger partial charge in [0.15, 0.2) is 0 Å². The monoisotopic (exact) mass is 302 g/mol. The zero-order valence-corrected chi connectivity index (χ0v) is 13.1. The number of nitrogens with one attached hydrogen (secondary N) is 1. The molecule has 1 aliphatic rings. The van der Waals surface area contributed by atoms with Crippen LogP contribution in [0.25, 0.3) is 0 Å². The molecule has 2 rings (SSSR count). The van der Waals surface area contributed by atoms with Crippen molar-refractivity contribution in [2.75, 3.05) is 13.1 Å². The molecule has 1 N–H and O–H groups in total. The molecule has 1 atom stereocenters. The van der Waals surface area contributed by atoms with Crippen LogP contribution in [-0.4, -0.2) is 37.9 Å². The first-order valence-electron chi connectivity index (χ1n) is 6.80. The van der Waals surface area contributed by atoms with E-state index in [2.05, 4.69) is 19.2 Å². The van der Waals surface area contributed by atoms with Crippen LogP contribution in [0, 0.1) is 0 Å². The lowest BCUT2D eigenvalue weighted by molar-refractivity contribution is 0.242. The van der Waals surface area contributed by atoms with E-state index in [1.54, 1.807) is 16.4 Å². The largest absolute Gasteiger partial charge is 0.313 e. The van der Waals surface area contributed by atoms with Gasteiger partial charge in [-0.25, -0.2) is 8.42 Å². The van der Waals surface area contributed by atoms with Gasteiger partial charge >= 0.3 is 0 Å². The van der Waals surface area contributed by atoms with Gasteiger partial charge in [-0.1, -0.05) is 26.3 Å². The van der Waals surface area contributed by atoms with Crippen LogP contribution in [0.4, 0.5) is 0 Å². The summed E-state index contributed by atoms with van der Waals surface area (Å²) in [5, 5.41) is 5.18. The van der Waals surface area contributed by atoms with Crippen molar-refractivity contribution in [3.05, 3.63) is 17.5 Å². The molecular weight excluding hydrogens is 280 g/mol. The standard InChI is InChI=1S/C13H22N2O2S2/c1-11(2)14-10-12-6-3-4-8-15(12)19(16,17)13-7-5-9-18-13/h5,7,9,11-12,14H,3-4,6,8,10H2,1-2H3. The lowest BCUT2D eigenvalue weighted by Crippen LogP contribution is -2.49. The Morgan fingerprint density at radius 1 is 1.47 bits per heavy atom. The molecule has 1 aromatic heterocycles. The summed E-state index contributed by atoms with van der Waals surface area (Å²) in [5.41, 5.74) is 0. The van der Waals surface area contributed by atoms with E-state index in [4.69, 9.17) is 0 Å². The fourth-order valence-electron chi connectivity index (χ4n) is 2.39. The number of piperidine rings is 1. The van der Waals surface area contributed by atoms with Gasteiger partial charge in [0.2, 0.25) is 0 Å². The molecule has 0 saturated carbocycles. The van der Waals surface area contributed by atoms with Crippen LogP contribution in [0.2, 0.25) is 0 Å². The molecule has 1 aliphatic heterocycles. The summed E-state index contributed by atoms with van der Waals surface area (Å²) in [7, 11) is -3.30. The molecule has 108 valence electrons. The second kappa shape index (κ2) is 6.35. The average Bonchev–Trinajstić information content (AvgIpc) is 2.91. The van der Waals surface area contributed by atoms with Crippen LogP contribution >= 0.6 is 11.3 Å². The molecular formula is C13H22N2O2S2. The Balaban J connectivity index is 2.15. The molecule has 4 nitrogen and oxygen atoms in total. The molecule has 0 radical (unpaired) electrons. The Kier molecular flexibility index (Phi) is 5.00. The highest BCUT2D eigenvalue weighted by molar-refractivity contribution is 7.91. The van der Waals surface area contributed by atoms with Gasteiger partial charge in [-0.05, 0) is 24.3 Å². The average molecular weight is 302 g/mol. The molecule has 0 aromatic carbocycles. The normalized spacial score (nSPS) is 21.9. The van der Waals surface area contributed by atoms with Gasteiger partial charge in [-0.3, -0.25) is 0 Å². The third kappa shape index (κ3) is 3.56. The summed E-state index contributed by atoms with van der Waals surface area (Å²) in [6, 6.07) is 3.96. The third-order valence-electron chi connectivity index (χ3n) is 3.39. The number of sulfonamides is 1. The first-order chi connectivity index (χ1) is 9.01. The topological polar surface area (TPSA) is 49.4 Å². The van der Waals surface area contributed by atoms with E-state index in [0.29, 0.717) is 16.8 Å². The number of rotatable bonds is 5. The van der Waals surface area contributed by atoms with Crippen molar-refractivity contribution in [3.8, 4) is 0 Å². The molecule has 0 bridgehead atoms. The number of nitrogens with zero attached hydrogens (tertiary/aromatic N) is 1. The highest BCUT2D eigenvalue weighted by atomic mass is 32.2. The summed E-state index contributed by atoms with van der Waals surface area (Å²) >= 11 is 1.30. The number of thiophene rings is 1. The minimum atomic E-state index is -3.30. The second-order valence-corrected chi connectivity index (χ2v) is 8.33. The summed E-state index contributed by atoms with van der Waals surface area (Å²) in [6.07, 6.45) is 3.02. The van der Waals surface area contributed by atoms with Gasteiger partial charge in [0, 0.05) is 25.2 Å². The molecule has 2 heterocycles. The van der Waals surface area contributed by atoms with E-state index in [1.807, 2.05) is 5.38 Å². The van der Waals surface area contributed by atoms with Crippen molar-refractivity contribution in [1.82, 2.24) is 9.62 Å². The molecule has 1 fully saturated rings. The van der Waals surface area contributed by atoms with E-state index >= 15 is 0 Å². The van der Waals surface area contributed by atoms with Crippen LogP contribution in [0.15, 0.2) is 21.7 Å². The highest BCUT2D eigenvalue weighted by Gasteiger charge is 2.33. The zero-order chi connectivity index (χ0) is 13.9. The molecule has 1 aromatic rings. The molecule has 19 heavy (non-hydrogen) atoms. The Labute approximate surface area is 119 Å². The molecule has 6 heteroatoms. The Hall–Kier alpha value is -0.430. The van der Waals surface area contributed by atoms with Crippen LogP contribution in [-0.2, 0) is 10.0 Å². The minimum absolute atomic E-state index is 0.0863. The maximum atomic E-state index is 12.6. The first kappa shape index (κ1) is 15.0. The lowest BCUT2D eigenvalue weighted by Gasteiger charge is -2.34. The molecule has 0 spiro atoms. The van der Waals surface area contributed by atoms with Crippen LogP contribution < -0.4 is 5.32 Å².